The molecule has 100 valence electrons. The molecule has 0 amide bonds. The van der Waals surface area contributed by atoms with Gasteiger partial charge in [0.2, 0.25) is 0 Å². The van der Waals surface area contributed by atoms with Gasteiger partial charge in [-0.15, -0.1) is 0 Å². The third kappa shape index (κ3) is 3.27. The molecule has 0 fully saturated rings. The predicted molar refractivity (Wildman–Crippen MR) is 66.5 cm³/mol. The second-order valence-corrected chi connectivity index (χ2v) is 3.91. The summed E-state index contributed by atoms with van der Waals surface area (Å²) in [5.41, 5.74) is -0.382. The van der Waals surface area contributed by atoms with Crippen LogP contribution in [0.4, 0.5) is 10.2 Å². The number of aromatic carboxylic acids is 1. The highest BCUT2D eigenvalue weighted by atomic mass is 19.1. The molecule has 0 unspecified atom stereocenters. The molecular weight excluding hydrogens is 251 g/mol. The first-order valence-electron chi connectivity index (χ1n) is 5.76. The number of imidazole rings is 1. The number of pyridine rings is 1. The molecule has 2 aromatic rings. The molecule has 0 aliphatic heterocycles. The van der Waals surface area contributed by atoms with Crippen LogP contribution in [0, 0.1) is 5.82 Å². The van der Waals surface area contributed by atoms with Crippen LogP contribution in [0.3, 0.4) is 0 Å². The lowest BCUT2D eigenvalue weighted by atomic mass is 10.2. The maximum atomic E-state index is 13.7. The number of aromatic nitrogens is 3. The fraction of sp³-hybridized carbons (Fsp3) is 0.250. The second kappa shape index (κ2) is 5.94. The molecule has 2 rings (SSSR count). The first-order valence-corrected chi connectivity index (χ1v) is 5.76. The second-order valence-electron chi connectivity index (χ2n) is 3.91. The van der Waals surface area contributed by atoms with Gasteiger partial charge in [-0.2, -0.15) is 0 Å². The fourth-order valence-corrected chi connectivity index (χ4v) is 1.62. The van der Waals surface area contributed by atoms with E-state index in [9.17, 15) is 9.18 Å². The Balaban J connectivity index is 1.89. The third-order valence-electron chi connectivity index (χ3n) is 2.56. The van der Waals surface area contributed by atoms with Gasteiger partial charge in [0.05, 0.1) is 6.33 Å². The predicted octanol–water partition coefficient (Wildman–Crippen LogP) is 1.62. The van der Waals surface area contributed by atoms with Gasteiger partial charge in [0.1, 0.15) is 5.56 Å². The van der Waals surface area contributed by atoms with E-state index in [1.165, 1.54) is 6.20 Å². The summed E-state index contributed by atoms with van der Waals surface area (Å²) >= 11 is 0. The Morgan fingerprint density at radius 1 is 1.47 bits per heavy atom. The molecule has 19 heavy (non-hydrogen) atoms. The third-order valence-corrected chi connectivity index (χ3v) is 2.56. The molecule has 2 heterocycles. The Labute approximate surface area is 108 Å². The number of rotatable bonds is 6. The molecule has 0 aromatic carbocycles. The van der Waals surface area contributed by atoms with Crippen LogP contribution in [0.25, 0.3) is 0 Å². The van der Waals surface area contributed by atoms with E-state index in [0.29, 0.717) is 6.54 Å². The van der Waals surface area contributed by atoms with Crippen LogP contribution in [0.2, 0.25) is 0 Å². The zero-order chi connectivity index (χ0) is 13.7. The smallest absolute Gasteiger partial charge is 0.338 e. The number of nitrogens with zero attached hydrogens (tertiary/aromatic N) is 3. The summed E-state index contributed by atoms with van der Waals surface area (Å²) in [6.45, 7) is 1.23. The summed E-state index contributed by atoms with van der Waals surface area (Å²) in [5.74, 6) is -2.18. The summed E-state index contributed by atoms with van der Waals surface area (Å²) in [6, 6.07) is 1.13. The number of aryl methyl sites for hydroxylation is 1. The Bertz CT molecular complexity index is 557. The lowest BCUT2D eigenvalue weighted by Gasteiger charge is -2.08. The minimum absolute atomic E-state index is 0.0365. The number of anilines is 1. The quantitative estimate of drug-likeness (QED) is 0.775. The molecule has 6 nitrogen and oxygen atoms in total. The molecule has 0 aliphatic carbocycles. The monoisotopic (exact) mass is 264 g/mol. The topological polar surface area (TPSA) is 80.0 Å². The van der Waals surface area contributed by atoms with E-state index in [4.69, 9.17) is 5.11 Å². The maximum absolute atomic E-state index is 13.7. The van der Waals surface area contributed by atoms with Crippen LogP contribution in [0.15, 0.2) is 31.0 Å². The maximum Gasteiger partial charge on any atom is 0.338 e. The van der Waals surface area contributed by atoms with Gasteiger partial charge in [-0.25, -0.2) is 19.2 Å². The van der Waals surface area contributed by atoms with Gasteiger partial charge in [-0.1, -0.05) is 0 Å². The van der Waals surface area contributed by atoms with Crippen LogP contribution >= 0.6 is 0 Å². The van der Waals surface area contributed by atoms with E-state index in [1.807, 2.05) is 10.8 Å². The lowest BCUT2D eigenvalue weighted by Crippen LogP contribution is -2.11. The minimum Gasteiger partial charge on any atom is -0.478 e. The number of carboxylic acids is 1. The van der Waals surface area contributed by atoms with Crippen LogP contribution in [0.1, 0.15) is 16.8 Å². The molecule has 0 radical (unpaired) electrons. The zero-order valence-electron chi connectivity index (χ0n) is 10.1. The van der Waals surface area contributed by atoms with Crippen molar-refractivity contribution in [2.45, 2.75) is 13.0 Å². The first-order chi connectivity index (χ1) is 9.18. The SMILES string of the molecule is O=C(O)c1ccnc(NCCCn2ccnc2)c1F. The molecule has 0 spiro atoms. The summed E-state index contributed by atoms with van der Waals surface area (Å²) in [5, 5.41) is 11.6. The number of carboxylic acid groups (broad SMARTS) is 1. The van der Waals surface area contributed by atoms with Crippen molar-refractivity contribution in [1.82, 2.24) is 14.5 Å². The summed E-state index contributed by atoms with van der Waals surface area (Å²) in [7, 11) is 0. The Kier molecular flexibility index (Phi) is 4.07. The molecule has 0 saturated carbocycles. The first kappa shape index (κ1) is 13.0. The number of nitrogens with one attached hydrogen (secondary N) is 1. The van der Waals surface area contributed by atoms with Crippen molar-refractivity contribution in [3.8, 4) is 0 Å². The van der Waals surface area contributed by atoms with Crippen molar-refractivity contribution < 1.29 is 14.3 Å². The van der Waals surface area contributed by atoms with Crippen LogP contribution in [-0.4, -0.2) is 32.2 Å². The van der Waals surface area contributed by atoms with Crippen molar-refractivity contribution in [3.05, 3.63) is 42.4 Å². The van der Waals surface area contributed by atoms with Gasteiger partial charge in [-0.3, -0.25) is 0 Å². The highest BCUT2D eigenvalue weighted by molar-refractivity contribution is 5.88. The van der Waals surface area contributed by atoms with E-state index >= 15 is 0 Å². The summed E-state index contributed by atoms with van der Waals surface area (Å²) in [6.07, 6.45) is 7.23. The van der Waals surface area contributed by atoms with Gasteiger partial charge < -0.3 is 15.0 Å². The zero-order valence-corrected chi connectivity index (χ0v) is 10.1. The van der Waals surface area contributed by atoms with Gasteiger partial charge >= 0.3 is 5.97 Å². The average molecular weight is 264 g/mol. The molecule has 0 bridgehead atoms. The lowest BCUT2D eigenvalue weighted by molar-refractivity contribution is 0.0692. The van der Waals surface area contributed by atoms with Crippen LogP contribution < -0.4 is 5.32 Å². The van der Waals surface area contributed by atoms with Gasteiger partial charge in [-0.05, 0) is 12.5 Å². The number of carbonyl (C=O) groups is 1. The van der Waals surface area contributed by atoms with Gasteiger partial charge in [0.15, 0.2) is 11.6 Å². The molecule has 0 atom stereocenters. The van der Waals surface area contributed by atoms with Gasteiger partial charge in [0.25, 0.3) is 0 Å². The summed E-state index contributed by atoms with van der Waals surface area (Å²) < 4.78 is 15.6. The van der Waals surface area contributed by atoms with Crippen molar-refractivity contribution >= 4 is 11.8 Å². The molecular formula is C12H13FN4O2. The van der Waals surface area contributed by atoms with E-state index < -0.39 is 11.8 Å². The Hall–Kier alpha value is -2.44. The normalized spacial score (nSPS) is 10.4. The van der Waals surface area contributed by atoms with Crippen molar-refractivity contribution in [2.24, 2.45) is 0 Å². The van der Waals surface area contributed by atoms with E-state index in [-0.39, 0.29) is 11.4 Å². The largest absolute Gasteiger partial charge is 0.478 e. The number of halogens is 1. The molecule has 7 heteroatoms. The Morgan fingerprint density at radius 2 is 2.32 bits per heavy atom. The van der Waals surface area contributed by atoms with Gasteiger partial charge in [0, 0.05) is 31.7 Å². The molecule has 0 saturated heterocycles. The van der Waals surface area contributed by atoms with E-state index in [0.717, 1.165) is 19.0 Å². The van der Waals surface area contributed by atoms with Crippen molar-refractivity contribution in [1.29, 1.82) is 0 Å². The Morgan fingerprint density at radius 3 is 3.00 bits per heavy atom. The fourth-order valence-electron chi connectivity index (χ4n) is 1.62. The molecule has 0 aliphatic rings. The number of hydrogen-bond acceptors (Lipinski definition) is 4. The highest BCUT2D eigenvalue weighted by Gasteiger charge is 2.14. The van der Waals surface area contributed by atoms with Crippen molar-refractivity contribution in [3.63, 3.8) is 0 Å². The van der Waals surface area contributed by atoms with Crippen LogP contribution in [0.5, 0.6) is 0 Å². The molecule has 2 aromatic heterocycles. The van der Waals surface area contributed by atoms with Crippen molar-refractivity contribution in [2.75, 3.05) is 11.9 Å². The average Bonchev–Trinajstić information content (AvgIpc) is 2.89. The summed E-state index contributed by atoms with van der Waals surface area (Å²) in [4.78, 5) is 18.4. The van der Waals surface area contributed by atoms with E-state index in [2.05, 4.69) is 15.3 Å². The molecule has 2 N–H and O–H groups in total. The van der Waals surface area contributed by atoms with E-state index in [1.54, 1.807) is 12.5 Å². The standard InChI is InChI=1S/C12H13FN4O2/c13-10-9(12(18)19)2-4-16-11(10)15-3-1-6-17-7-5-14-8-17/h2,4-5,7-8H,1,3,6H2,(H,15,16)(H,18,19). The van der Waals surface area contributed by atoms with Crippen LogP contribution in [-0.2, 0) is 6.54 Å². The highest BCUT2D eigenvalue weighted by Crippen LogP contribution is 2.14. The number of hydrogen-bond donors (Lipinski definition) is 2. The minimum atomic E-state index is -1.30.